The number of hydrogen-bond donors (Lipinski definition) is 1. The molecule has 1 aliphatic heterocycles. The van der Waals surface area contributed by atoms with Gasteiger partial charge in [0.25, 0.3) is 0 Å². The maximum Gasteiger partial charge on any atom is 0.225 e. The summed E-state index contributed by atoms with van der Waals surface area (Å²) in [6.45, 7) is 0. The fraction of sp³-hybridized carbons (Fsp3) is 0.0250. The molecule has 0 fully saturated rings. The molecule has 0 aliphatic carbocycles. The maximum absolute atomic E-state index is 5.80. The molecule has 8 aromatic rings. The molecule has 0 saturated carbocycles. The zero-order valence-corrected chi connectivity index (χ0v) is 24.6. The highest BCUT2D eigenvalue weighted by Gasteiger charge is 2.21. The average Bonchev–Trinajstić information content (AvgIpc) is 3.86. The Kier molecular flexibility index (Phi) is 6.09. The van der Waals surface area contributed by atoms with Gasteiger partial charge in [0.05, 0.1) is 17.6 Å². The lowest BCUT2D eigenvalue weighted by Crippen LogP contribution is -2.11. The van der Waals surface area contributed by atoms with Gasteiger partial charge in [-0.1, -0.05) is 78.9 Å². The molecule has 5 aromatic carbocycles. The lowest BCUT2D eigenvalue weighted by atomic mass is 9.86. The van der Waals surface area contributed by atoms with Gasteiger partial charge in [-0.25, -0.2) is 4.98 Å². The van der Waals surface area contributed by atoms with Crippen LogP contribution in [0.15, 0.2) is 151 Å². The first-order chi connectivity index (χ1) is 22.8. The maximum atomic E-state index is 5.80. The Labute approximate surface area is 264 Å². The first kappa shape index (κ1) is 26.2. The molecule has 1 unspecified atom stereocenters. The Bertz CT molecular complexity index is 2440. The minimum absolute atomic E-state index is 0.257. The molecule has 3 aromatic heterocycles. The smallest absolute Gasteiger partial charge is 0.225 e. The topological polar surface area (TPSA) is 73.1 Å². The predicted molar refractivity (Wildman–Crippen MR) is 182 cm³/mol. The normalized spacial score (nSPS) is 14.1. The Morgan fingerprint density at radius 3 is 2.11 bits per heavy atom. The number of rotatable bonds is 5. The predicted octanol–water partition coefficient (Wildman–Crippen LogP) is 9.68. The van der Waals surface area contributed by atoms with Crippen molar-refractivity contribution in [2.75, 3.05) is 0 Å². The van der Waals surface area contributed by atoms with Gasteiger partial charge in [-0.15, -0.1) is 0 Å². The van der Waals surface area contributed by atoms with E-state index in [1.807, 2.05) is 30.7 Å². The van der Waals surface area contributed by atoms with E-state index >= 15 is 0 Å². The lowest BCUT2D eigenvalue weighted by molar-refractivity contribution is 0.154. The molecule has 6 heteroatoms. The molecular weight excluding hydrogens is 568 g/mol. The van der Waals surface area contributed by atoms with Crippen molar-refractivity contribution in [1.82, 2.24) is 20.3 Å². The summed E-state index contributed by atoms with van der Waals surface area (Å²) >= 11 is 0. The average molecular weight is 595 g/mol. The second-order valence-electron chi connectivity index (χ2n) is 11.3. The highest BCUT2D eigenvalue weighted by Crippen LogP contribution is 2.45. The van der Waals surface area contributed by atoms with Crippen molar-refractivity contribution >= 4 is 32.3 Å². The van der Waals surface area contributed by atoms with E-state index in [-0.39, 0.29) is 6.23 Å². The minimum Gasteiger partial charge on any atom is -0.473 e. The summed E-state index contributed by atoms with van der Waals surface area (Å²) in [7, 11) is 0. The van der Waals surface area contributed by atoms with Crippen molar-refractivity contribution in [2.45, 2.75) is 6.23 Å². The summed E-state index contributed by atoms with van der Waals surface area (Å²) in [5.41, 5.74) is 8.02. The molecule has 6 nitrogen and oxygen atoms in total. The fourth-order valence-electron chi connectivity index (χ4n) is 6.65. The number of oxazole rings is 1. The third-order valence-corrected chi connectivity index (χ3v) is 8.69. The van der Waals surface area contributed by atoms with Crippen LogP contribution < -0.4 is 5.32 Å². The first-order valence-electron chi connectivity index (χ1n) is 15.2. The second-order valence-corrected chi connectivity index (χ2v) is 11.3. The van der Waals surface area contributed by atoms with E-state index < -0.39 is 0 Å². The Morgan fingerprint density at radius 1 is 0.565 bits per heavy atom. The van der Waals surface area contributed by atoms with Gasteiger partial charge < -0.3 is 14.5 Å². The summed E-state index contributed by atoms with van der Waals surface area (Å²) in [5.74, 6) is 0.561. The van der Waals surface area contributed by atoms with Crippen molar-refractivity contribution in [3.8, 4) is 45.1 Å². The van der Waals surface area contributed by atoms with E-state index in [1.54, 1.807) is 18.7 Å². The van der Waals surface area contributed by atoms with Crippen LogP contribution in [0.2, 0.25) is 0 Å². The summed E-state index contributed by atoms with van der Waals surface area (Å²) in [5, 5.41) is 10.0. The number of nitrogens with one attached hydrogen (secondary N) is 1. The fourth-order valence-corrected chi connectivity index (χ4v) is 6.65. The van der Waals surface area contributed by atoms with Crippen LogP contribution in [-0.4, -0.2) is 15.0 Å². The molecule has 218 valence electrons. The SMILES string of the molecule is C1=COC(c2ccnc(-c3c4ccccc4c(-c4cc(-c5ncco5)ccn4)c4ccc(-c5cccc6ccccc56)cc34)c2)N1. The standard InChI is InChI=1S/C40H26N4O2/c1-2-8-29-25(6-1)7-5-11-30(29)26-12-13-33-34(22-26)38(36-24-28(15-17-42-36)40-44-19-21-46-40)32-10-4-3-9-31(32)37(33)35-23-27(14-16-41-35)39-43-18-20-45-39/h1-24,40,44H. The lowest BCUT2D eigenvalue weighted by Gasteiger charge is -2.19. The molecule has 0 saturated heterocycles. The molecule has 0 bridgehead atoms. The number of pyridine rings is 2. The van der Waals surface area contributed by atoms with Gasteiger partial charge in [-0.3, -0.25) is 9.97 Å². The van der Waals surface area contributed by atoms with Gasteiger partial charge in [0, 0.05) is 40.8 Å². The van der Waals surface area contributed by atoms with Crippen molar-refractivity contribution in [3.63, 3.8) is 0 Å². The zero-order chi connectivity index (χ0) is 30.5. The number of aromatic nitrogens is 3. The van der Waals surface area contributed by atoms with Crippen molar-refractivity contribution in [1.29, 1.82) is 0 Å². The van der Waals surface area contributed by atoms with Crippen LogP contribution in [0, 0.1) is 0 Å². The number of nitrogens with zero attached hydrogens (tertiary/aromatic N) is 3. The van der Waals surface area contributed by atoms with E-state index in [0.29, 0.717) is 5.89 Å². The summed E-state index contributed by atoms with van der Waals surface area (Å²) < 4.78 is 11.4. The van der Waals surface area contributed by atoms with Gasteiger partial charge in [0.1, 0.15) is 12.5 Å². The van der Waals surface area contributed by atoms with Crippen molar-refractivity contribution in [3.05, 3.63) is 152 Å². The van der Waals surface area contributed by atoms with Crippen LogP contribution in [0.5, 0.6) is 0 Å². The quantitative estimate of drug-likeness (QED) is 0.200. The monoisotopic (exact) mass is 594 g/mol. The van der Waals surface area contributed by atoms with Crippen LogP contribution in [0.25, 0.3) is 77.4 Å². The molecule has 9 rings (SSSR count). The Balaban J connectivity index is 1.36. The number of ether oxygens (including phenoxy) is 1. The van der Waals surface area contributed by atoms with E-state index in [0.717, 1.165) is 60.8 Å². The van der Waals surface area contributed by atoms with Crippen LogP contribution in [0.3, 0.4) is 0 Å². The van der Waals surface area contributed by atoms with Crippen LogP contribution in [0.1, 0.15) is 11.8 Å². The van der Waals surface area contributed by atoms with E-state index in [4.69, 9.17) is 19.1 Å². The molecule has 1 N–H and O–H groups in total. The van der Waals surface area contributed by atoms with Crippen LogP contribution in [0.4, 0.5) is 0 Å². The Morgan fingerprint density at radius 2 is 1.30 bits per heavy atom. The van der Waals surface area contributed by atoms with Crippen LogP contribution >= 0.6 is 0 Å². The molecule has 0 radical (unpaired) electrons. The molecule has 1 aliphatic rings. The molecule has 1 atom stereocenters. The van der Waals surface area contributed by atoms with Gasteiger partial charge in [-0.2, -0.15) is 0 Å². The third kappa shape index (κ3) is 4.31. The van der Waals surface area contributed by atoms with Gasteiger partial charge in [0.2, 0.25) is 5.89 Å². The zero-order valence-electron chi connectivity index (χ0n) is 24.6. The summed E-state index contributed by atoms with van der Waals surface area (Å²) in [4.78, 5) is 14.2. The van der Waals surface area contributed by atoms with Crippen molar-refractivity contribution < 1.29 is 9.15 Å². The molecule has 4 heterocycles. The highest BCUT2D eigenvalue weighted by molar-refractivity contribution is 6.21. The van der Waals surface area contributed by atoms with E-state index in [1.165, 1.54) is 16.3 Å². The number of fused-ring (bicyclic) bond motifs is 3. The molecular formula is C40H26N4O2. The molecule has 0 amide bonds. The molecule has 0 spiro atoms. The molecule has 46 heavy (non-hydrogen) atoms. The highest BCUT2D eigenvalue weighted by atomic mass is 16.5. The largest absolute Gasteiger partial charge is 0.473 e. The Hall–Kier alpha value is -6.27. The number of hydrogen-bond acceptors (Lipinski definition) is 6. The van der Waals surface area contributed by atoms with Gasteiger partial charge in [0.15, 0.2) is 6.23 Å². The third-order valence-electron chi connectivity index (χ3n) is 8.69. The van der Waals surface area contributed by atoms with Gasteiger partial charge in [-0.05, 0) is 73.8 Å². The van der Waals surface area contributed by atoms with E-state index in [9.17, 15) is 0 Å². The van der Waals surface area contributed by atoms with Gasteiger partial charge >= 0.3 is 0 Å². The summed E-state index contributed by atoms with van der Waals surface area (Å²) in [6, 6.07) is 38.4. The van der Waals surface area contributed by atoms with E-state index in [2.05, 4.69) is 107 Å². The van der Waals surface area contributed by atoms with Crippen LogP contribution in [-0.2, 0) is 4.74 Å². The first-order valence-corrected chi connectivity index (χ1v) is 15.2. The summed E-state index contributed by atoms with van der Waals surface area (Å²) in [6.07, 6.45) is 10.2. The minimum atomic E-state index is -0.257. The number of benzene rings is 5. The van der Waals surface area contributed by atoms with Crippen molar-refractivity contribution in [2.24, 2.45) is 0 Å². The second kappa shape index (κ2) is 10.7.